The van der Waals surface area contributed by atoms with Crippen LogP contribution in [0.2, 0.25) is 0 Å². The summed E-state index contributed by atoms with van der Waals surface area (Å²) in [5.41, 5.74) is 7.16. The third-order valence-electron chi connectivity index (χ3n) is 4.42. The summed E-state index contributed by atoms with van der Waals surface area (Å²) < 4.78 is 5.54. The van der Waals surface area contributed by atoms with Crippen molar-refractivity contribution in [3.8, 4) is 5.75 Å². The lowest BCUT2D eigenvalue weighted by Crippen LogP contribution is -1.90. The minimum absolute atomic E-state index is 0.874. The Morgan fingerprint density at radius 3 is 1.46 bits per heavy atom. The first-order chi connectivity index (χ1) is 12.7. The predicted molar refractivity (Wildman–Crippen MR) is 113 cm³/mol. The Morgan fingerprint density at radius 1 is 0.654 bits per heavy atom. The van der Waals surface area contributed by atoms with E-state index in [1.807, 2.05) is 12.1 Å². The van der Waals surface area contributed by atoms with E-state index >= 15 is 0 Å². The number of hydrogen-bond donors (Lipinski definition) is 0. The van der Waals surface area contributed by atoms with E-state index in [1.54, 1.807) is 7.11 Å². The van der Waals surface area contributed by atoms with Gasteiger partial charge in [0.2, 0.25) is 0 Å². The molecule has 0 aliphatic rings. The second-order valence-corrected chi connectivity index (χ2v) is 6.43. The average Bonchev–Trinajstić information content (AvgIpc) is 2.69. The van der Waals surface area contributed by atoms with Crippen LogP contribution in [0.4, 0.5) is 0 Å². The lowest BCUT2D eigenvalue weighted by atomic mass is 9.97. The zero-order valence-electron chi connectivity index (χ0n) is 15.6. The number of methoxy groups -OCH3 is 1. The van der Waals surface area contributed by atoms with E-state index in [9.17, 15) is 0 Å². The lowest BCUT2D eigenvalue weighted by molar-refractivity contribution is 0.414. The van der Waals surface area contributed by atoms with Crippen LogP contribution in [0, 0.1) is 0 Å². The van der Waals surface area contributed by atoms with Crippen molar-refractivity contribution in [2.75, 3.05) is 7.11 Å². The molecule has 0 saturated heterocycles. The van der Waals surface area contributed by atoms with Crippen LogP contribution in [0.25, 0.3) is 23.3 Å². The van der Waals surface area contributed by atoms with E-state index in [2.05, 4.69) is 92.7 Å². The largest absolute Gasteiger partial charge is 0.497 e. The summed E-state index contributed by atoms with van der Waals surface area (Å²) in [6, 6.07) is 27.2. The van der Waals surface area contributed by atoms with Crippen molar-refractivity contribution >= 4 is 23.3 Å². The van der Waals surface area contributed by atoms with Gasteiger partial charge in [0.25, 0.3) is 0 Å². The summed E-state index contributed by atoms with van der Waals surface area (Å²) in [7, 11) is 1.72. The fourth-order valence-electron chi connectivity index (χ4n) is 2.94. The number of benzene rings is 3. The molecule has 0 fully saturated rings. The summed E-state index contributed by atoms with van der Waals surface area (Å²) in [4.78, 5) is 0. The molecule has 0 radical (unpaired) electrons. The van der Waals surface area contributed by atoms with Gasteiger partial charge in [0.15, 0.2) is 0 Å². The molecular formula is C25H24O. The van der Waals surface area contributed by atoms with Gasteiger partial charge in [0, 0.05) is 0 Å². The molecule has 0 unspecified atom stereocenters. The first kappa shape index (κ1) is 17.8. The maximum Gasteiger partial charge on any atom is 0.120 e. The van der Waals surface area contributed by atoms with E-state index in [0.29, 0.717) is 0 Å². The molecule has 0 aliphatic carbocycles. The minimum atomic E-state index is 0.874. The third-order valence-corrected chi connectivity index (χ3v) is 4.42. The Morgan fingerprint density at radius 2 is 1.08 bits per heavy atom. The van der Waals surface area contributed by atoms with Crippen molar-refractivity contribution in [1.29, 1.82) is 0 Å². The van der Waals surface area contributed by atoms with Gasteiger partial charge in [0.1, 0.15) is 5.75 Å². The van der Waals surface area contributed by atoms with Crippen LogP contribution >= 0.6 is 0 Å². The highest BCUT2D eigenvalue weighted by molar-refractivity contribution is 5.85. The van der Waals surface area contributed by atoms with Gasteiger partial charge in [-0.25, -0.2) is 0 Å². The number of allylic oxidation sites excluding steroid dienone is 2. The molecule has 3 aromatic rings. The smallest absolute Gasteiger partial charge is 0.120 e. The Balaban J connectivity index is 1.99. The highest BCUT2D eigenvalue weighted by Gasteiger charge is 2.05. The van der Waals surface area contributed by atoms with Crippen molar-refractivity contribution in [1.82, 2.24) is 0 Å². The molecule has 26 heavy (non-hydrogen) atoms. The van der Waals surface area contributed by atoms with Gasteiger partial charge in [0.05, 0.1) is 7.11 Å². The van der Waals surface area contributed by atoms with Crippen LogP contribution in [0.1, 0.15) is 36.1 Å². The molecule has 1 nitrogen and oxygen atoms in total. The molecule has 3 rings (SSSR count). The Bertz CT molecular complexity index is 845. The molecule has 0 bridgehead atoms. The lowest BCUT2D eigenvalue weighted by Gasteiger charge is -2.11. The molecule has 0 aromatic heterocycles. The van der Waals surface area contributed by atoms with Crippen LogP contribution in [0.3, 0.4) is 0 Å². The van der Waals surface area contributed by atoms with Crippen molar-refractivity contribution in [3.05, 3.63) is 101 Å². The van der Waals surface area contributed by atoms with Crippen molar-refractivity contribution < 1.29 is 4.74 Å². The fraction of sp³-hybridized carbons (Fsp3) is 0.120. The zero-order valence-corrected chi connectivity index (χ0v) is 15.6. The van der Waals surface area contributed by atoms with Crippen LogP contribution < -0.4 is 4.74 Å². The fourth-order valence-corrected chi connectivity index (χ4v) is 2.94. The van der Waals surface area contributed by atoms with Gasteiger partial charge in [-0.3, -0.25) is 0 Å². The topological polar surface area (TPSA) is 9.23 Å². The van der Waals surface area contributed by atoms with Crippen LogP contribution in [0.15, 0.2) is 78.9 Å². The first-order valence-corrected chi connectivity index (χ1v) is 8.82. The van der Waals surface area contributed by atoms with Crippen LogP contribution in [-0.2, 0) is 0 Å². The molecule has 1 heteroatoms. The molecule has 0 spiro atoms. The highest BCUT2D eigenvalue weighted by atomic mass is 16.5. The van der Waals surface area contributed by atoms with Gasteiger partial charge < -0.3 is 4.74 Å². The van der Waals surface area contributed by atoms with Gasteiger partial charge in [-0.05, 0) is 65.4 Å². The summed E-state index contributed by atoms with van der Waals surface area (Å²) in [6.07, 6.45) is 4.41. The average molecular weight is 340 g/mol. The highest BCUT2D eigenvalue weighted by Crippen LogP contribution is 2.28. The van der Waals surface area contributed by atoms with E-state index in [0.717, 1.165) is 5.75 Å². The molecule has 0 atom stereocenters. The standard InChI is InChI=1S/C25H24O/c1-19(14-21-10-6-4-7-11-21)23-16-24(18-25(17-23)26-3)20(2)15-22-12-8-5-9-13-22/h4-18H,1-3H3/b19-14+,20-15+. The summed E-state index contributed by atoms with van der Waals surface area (Å²) in [5, 5.41) is 0. The Labute approximate surface area is 156 Å². The van der Waals surface area contributed by atoms with Crippen LogP contribution in [0.5, 0.6) is 5.75 Å². The summed E-state index contributed by atoms with van der Waals surface area (Å²) >= 11 is 0. The molecular weight excluding hydrogens is 316 g/mol. The van der Waals surface area contributed by atoms with Crippen molar-refractivity contribution in [2.24, 2.45) is 0 Å². The number of rotatable bonds is 5. The van der Waals surface area contributed by atoms with Gasteiger partial charge in [-0.15, -0.1) is 0 Å². The van der Waals surface area contributed by atoms with Gasteiger partial charge >= 0.3 is 0 Å². The second kappa shape index (κ2) is 8.35. The monoisotopic (exact) mass is 340 g/mol. The minimum Gasteiger partial charge on any atom is -0.497 e. The summed E-state index contributed by atoms with van der Waals surface area (Å²) in [6.45, 7) is 4.28. The third kappa shape index (κ3) is 4.52. The van der Waals surface area contributed by atoms with Crippen molar-refractivity contribution in [3.63, 3.8) is 0 Å². The van der Waals surface area contributed by atoms with E-state index in [4.69, 9.17) is 4.74 Å². The summed E-state index contributed by atoms with van der Waals surface area (Å²) in [5.74, 6) is 0.874. The quantitative estimate of drug-likeness (QED) is 0.463. The Kier molecular flexibility index (Phi) is 5.70. The molecule has 0 saturated carbocycles. The van der Waals surface area contributed by atoms with Gasteiger partial charge in [-0.1, -0.05) is 72.8 Å². The van der Waals surface area contributed by atoms with Gasteiger partial charge in [-0.2, -0.15) is 0 Å². The van der Waals surface area contributed by atoms with Crippen LogP contribution in [-0.4, -0.2) is 7.11 Å². The first-order valence-electron chi connectivity index (χ1n) is 8.82. The SMILES string of the molecule is COc1cc(/C(C)=C/c2ccccc2)cc(/C(C)=C/c2ccccc2)c1. The number of hydrogen-bond acceptors (Lipinski definition) is 1. The maximum absolute atomic E-state index is 5.54. The molecule has 0 amide bonds. The predicted octanol–water partition coefficient (Wildman–Crippen LogP) is 6.82. The van der Waals surface area contributed by atoms with Crippen molar-refractivity contribution in [2.45, 2.75) is 13.8 Å². The molecule has 130 valence electrons. The zero-order chi connectivity index (χ0) is 18.4. The maximum atomic E-state index is 5.54. The molecule has 3 aromatic carbocycles. The number of ether oxygens (including phenoxy) is 1. The normalized spacial score (nSPS) is 12.1. The van der Waals surface area contributed by atoms with E-state index in [-0.39, 0.29) is 0 Å². The van der Waals surface area contributed by atoms with E-state index < -0.39 is 0 Å². The molecule has 0 aliphatic heterocycles. The Hall–Kier alpha value is -3.06. The van der Waals surface area contributed by atoms with E-state index in [1.165, 1.54) is 33.4 Å². The molecule has 0 N–H and O–H groups in total. The molecule has 0 heterocycles. The second-order valence-electron chi connectivity index (χ2n) is 6.43.